The molecule has 0 rings (SSSR count). The number of hydrogen-bond acceptors (Lipinski definition) is 4. The van der Waals surface area contributed by atoms with E-state index in [4.69, 9.17) is 9.29 Å². The summed E-state index contributed by atoms with van der Waals surface area (Å²) in [4.78, 5) is 11.5. The molecule has 106 valence electrons. The quantitative estimate of drug-likeness (QED) is 0.767. The van der Waals surface area contributed by atoms with Crippen LogP contribution >= 0.6 is 0 Å². The molecule has 0 saturated heterocycles. The summed E-state index contributed by atoms with van der Waals surface area (Å²) in [7, 11) is -4.20. The summed E-state index contributed by atoms with van der Waals surface area (Å²) in [6.07, 6.45) is 0.574. The van der Waals surface area contributed by atoms with Gasteiger partial charge < -0.3 is 10.1 Å². The average Bonchev–Trinajstić information content (AvgIpc) is 2.06. The van der Waals surface area contributed by atoms with Crippen LogP contribution in [-0.2, 0) is 14.9 Å². The monoisotopic (exact) mass is 279 g/mol. The molecule has 0 saturated carbocycles. The van der Waals surface area contributed by atoms with Gasteiger partial charge in [-0.3, -0.25) is 4.55 Å². The Kier molecular flexibility index (Phi) is 5.82. The van der Waals surface area contributed by atoms with Crippen molar-refractivity contribution in [2.24, 2.45) is 5.92 Å². The lowest BCUT2D eigenvalue weighted by Gasteiger charge is -2.23. The molecule has 6 nitrogen and oxygen atoms in total. The predicted octanol–water partition coefficient (Wildman–Crippen LogP) is 1.94. The molecule has 0 spiro atoms. The van der Waals surface area contributed by atoms with Gasteiger partial charge in [0.1, 0.15) is 5.60 Å². The molecule has 0 aromatic rings. The van der Waals surface area contributed by atoms with Crippen molar-refractivity contribution in [3.63, 3.8) is 0 Å². The first-order chi connectivity index (χ1) is 7.91. The van der Waals surface area contributed by atoms with Gasteiger partial charge >= 0.3 is 6.09 Å². The van der Waals surface area contributed by atoms with Crippen LogP contribution in [0, 0.1) is 5.92 Å². The Bertz CT molecular complexity index is 406. The standard InChI is InChI=1S/C11H21NO5S/c1-8(2)9(6-7-18(14,15)16)12-10(13)17-11(3,4)5/h6-9H,1-5H3,(H,12,13)(H,14,15,16)/b7-6+/t9-/m1/s1. The smallest absolute Gasteiger partial charge is 0.408 e. The number of rotatable bonds is 4. The van der Waals surface area contributed by atoms with E-state index in [9.17, 15) is 13.2 Å². The Balaban J connectivity index is 4.66. The van der Waals surface area contributed by atoms with Crippen LogP contribution in [0.4, 0.5) is 4.79 Å². The van der Waals surface area contributed by atoms with Crippen LogP contribution in [0.2, 0.25) is 0 Å². The molecule has 0 aliphatic heterocycles. The highest BCUT2D eigenvalue weighted by molar-refractivity contribution is 7.88. The molecule has 0 aromatic heterocycles. The van der Waals surface area contributed by atoms with Crippen LogP contribution in [0.15, 0.2) is 11.5 Å². The molecule has 2 N–H and O–H groups in total. The Labute approximate surface area is 108 Å². The van der Waals surface area contributed by atoms with Gasteiger partial charge in [0.05, 0.1) is 11.4 Å². The number of nitrogens with one attached hydrogen (secondary N) is 1. The zero-order valence-corrected chi connectivity index (χ0v) is 12.1. The summed E-state index contributed by atoms with van der Waals surface area (Å²) in [5.74, 6) is -0.0458. The molecular weight excluding hydrogens is 258 g/mol. The predicted molar refractivity (Wildman–Crippen MR) is 68.7 cm³/mol. The maximum atomic E-state index is 11.5. The topological polar surface area (TPSA) is 92.7 Å². The minimum Gasteiger partial charge on any atom is -0.444 e. The van der Waals surface area contributed by atoms with E-state index in [0.29, 0.717) is 5.41 Å². The van der Waals surface area contributed by atoms with E-state index in [1.54, 1.807) is 34.6 Å². The van der Waals surface area contributed by atoms with Crippen molar-refractivity contribution >= 4 is 16.2 Å². The van der Waals surface area contributed by atoms with Gasteiger partial charge in [-0.15, -0.1) is 0 Å². The van der Waals surface area contributed by atoms with Gasteiger partial charge in [-0.05, 0) is 32.8 Å². The molecular formula is C11H21NO5S. The molecule has 0 unspecified atom stereocenters. The summed E-state index contributed by atoms with van der Waals surface area (Å²) < 4.78 is 34.9. The zero-order valence-electron chi connectivity index (χ0n) is 11.3. The Hall–Kier alpha value is -1.08. The molecule has 0 aromatic carbocycles. The molecule has 1 atom stereocenters. The maximum Gasteiger partial charge on any atom is 0.408 e. The van der Waals surface area contributed by atoms with Gasteiger partial charge in [0.25, 0.3) is 10.1 Å². The molecule has 0 aliphatic rings. The molecule has 1 amide bonds. The minimum absolute atomic E-state index is 0.0458. The van der Waals surface area contributed by atoms with Crippen molar-refractivity contribution in [1.82, 2.24) is 5.32 Å². The third-order valence-corrected chi connectivity index (χ3v) is 2.36. The number of carbonyl (C=O) groups is 1. The largest absolute Gasteiger partial charge is 0.444 e. The average molecular weight is 279 g/mol. The Morgan fingerprint density at radius 3 is 2.17 bits per heavy atom. The number of amides is 1. The van der Waals surface area contributed by atoms with Crippen LogP contribution in [0.1, 0.15) is 34.6 Å². The van der Waals surface area contributed by atoms with Crippen molar-refractivity contribution in [2.45, 2.75) is 46.3 Å². The summed E-state index contributed by atoms with van der Waals surface area (Å²) in [6.45, 7) is 8.79. The van der Waals surface area contributed by atoms with Crippen molar-refractivity contribution in [2.75, 3.05) is 0 Å². The fraction of sp³-hybridized carbons (Fsp3) is 0.727. The van der Waals surface area contributed by atoms with E-state index in [0.717, 1.165) is 0 Å². The normalized spacial score (nSPS) is 14.8. The third-order valence-electron chi connectivity index (χ3n) is 1.86. The third kappa shape index (κ3) is 9.00. The lowest BCUT2D eigenvalue weighted by molar-refractivity contribution is 0.0504. The first-order valence-corrected chi connectivity index (χ1v) is 7.06. The maximum absolute atomic E-state index is 11.5. The van der Waals surface area contributed by atoms with E-state index in [-0.39, 0.29) is 5.92 Å². The second-order valence-corrected chi connectivity index (χ2v) is 6.56. The SMILES string of the molecule is CC(C)[C@@H](/C=C/S(=O)(=O)O)NC(=O)OC(C)(C)C. The van der Waals surface area contributed by atoms with Crippen molar-refractivity contribution in [3.8, 4) is 0 Å². The van der Waals surface area contributed by atoms with Crippen molar-refractivity contribution in [3.05, 3.63) is 11.5 Å². The molecule has 0 bridgehead atoms. The van der Waals surface area contributed by atoms with Gasteiger partial charge in [0, 0.05) is 0 Å². The number of hydrogen-bond donors (Lipinski definition) is 2. The van der Waals surface area contributed by atoms with Crippen molar-refractivity contribution < 1.29 is 22.5 Å². The number of carbonyl (C=O) groups excluding carboxylic acids is 1. The fourth-order valence-electron chi connectivity index (χ4n) is 1.06. The first kappa shape index (κ1) is 16.9. The molecule has 18 heavy (non-hydrogen) atoms. The molecule has 7 heteroatoms. The van der Waals surface area contributed by atoms with Gasteiger partial charge in [0.15, 0.2) is 0 Å². The summed E-state index contributed by atoms with van der Waals surface area (Å²) in [6, 6.07) is -0.540. The van der Waals surface area contributed by atoms with Crippen LogP contribution in [0.3, 0.4) is 0 Å². The van der Waals surface area contributed by atoms with Crippen LogP contribution in [0.5, 0.6) is 0 Å². The molecule has 0 heterocycles. The molecule has 0 aliphatic carbocycles. The number of ether oxygens (including phenoxy) is 1. The van der Waals surface area contributed by atoms with Gasteiger partial charge in [0.2, 0.25) is 0 Å². The summed E-state index contributed by atoms with van der Waals surface area (Å²) >= 11 is 0. The van der Waals surface area contributed by atoms with E-state index in [1.807, 2.05) is 0 Å². The Morgan fingerprint density at radius 2 is 1.83 bits per heavy atom. The lowest BCUT2D eigenvalue weighted by atomic mass is 10.1. The second kappa shape index (κ2) is 6.19. The van der Waals surface area contributed by atoms with Crippen LogP contribution < -0.4 is 5.32 Å². The van der Waals surface area contributed by atoms with Gasteiger partial charge in [-0.25, -0.2) is 4.79 Å². The Morgan fingerprint density at radius 1 is 1.33 bits per heavy atom. The molecule has 0 radical (unpaired) electrons. The lowest BCUT2D eigenvalue weighted by Crippen LogP contribution is -2.40. The highest BCUT2D eigenvalue weighted by Crippen LogP contribution is 2.09. The van der Waals surface area contributed by atoms with E-state index < -0.39 is 27.9 Å². The van der Waals surface area contributed by atoms with E-state index >= 15 is 0 Å². The fourth-order valence-corrected chi connectivity index (χ4v) is 1.43. The minimum atomic E-state index is -4.20. The molecule has 0 fully saturated rings. The van der Waals surface area contributed by atoms with Crippen LogP contribution in [0.25, 0.3) is 0 Å². The van der Waals surface area contributed by atoms with Crippen molar-refractivity contribution in [1.29, 1.82) is 0 Å². The highest BCUT2D eigenvalue weighted by atomic mass is 32.2. The second-order valence-electron chi connectivity index (χ2n) is 5.26. The highest BCUT2D eigenvalue weighted by Gasteiger charge is 2.20. The van der Waals surface area contributed by atoms with Gasteiger partial charge in [-0.2, -0.15) is 8.42 Å². The van der Waals surface area contributed by atoms with Crippen LogP contribution in [-0.4, -0.2) is 30.7 Å². The van der Waals surface area contributed by atoms with Gasteiger partial charge in [-0.1, -0.05) is 13.8 Å². The van der Waals surface area contributed by atoms with E-state index in [1.165, 1.54) is 6.08 Å². The summed E-state index contributed by atoms with van der Waals surface area (Å²) in [5.41, 5.74) is -0.627. The first-order valence-electron chi connectivity index (χ1n) is 5.56. The van der Waals surface area contributed by atoms with E-state index in [2.05, 4.69) is 5.32 Å². The number of alkyl carbamates (subject to hydrolysis) is 1. The summed E-state index contributed by atoms with van der Waals surface area (Å²) in [5, 5.41) is 3.17. The zero-order chi connectivity index (χ0) is 14.6.